The molecule has 0 spiro atoms. The Morgan fingerprint density at radius 2 is 2.09 bits per heavy atom. The SMILES string of the molecule is C[C@H]1CCCC[C@H]1NC(=O)NC(=O)Cn1cc(C#N)ccc1=O. The fourth-order valence-electron chi connectivity index (χ4n) is 2.78. The van der Waals surface area contributed by atoms with Crippen molar-refractivity contribution < 1.29 is 9.59 Å². The summed E-state index contributed by atoms with van der Waals surface area (Å²) < 4.78 is 1.10. The normalized spacial score (nSPS) is 20.3. The molecule has 3 amide bonds. The van der Waals surface area contributed by atoms with Crippen LogP contribution in [0.15, 0.2) is 23.1 Å². The van der Waals surface area contributed by atoms with Crippen molar-refractivity contribution in [2.75, 3.05) is 0 Å². The summed E-state index contributed by atoms with van der Waals surface area (Å²) in [6.07, 6.45) is 5.50. The van der Waals surface area contributed by atoms with E-state index in [1.165, 1.54) is 18.3 Å². The highest BCUT2D eigenvalue weighted by atomic mass is 16.2. The van der Waals surface area contributed by atoms with Gasteiger partial charge in [0, 0.05) is 18.3 Å². The van der Waals surface area contributed by atoms with E-state index in [4.69, 9.17) is 5.26 Å². The number of aromatic nitrogens is 1. The Kier molecular flexibility index (Phi) is 5.52. The van der Waals surface area contributed by atoms with Gasteiger partial charge in [0.15, 0.2) is 0 Å². The van der Waals surface area contributed by atoms with Crippen LogP contribution in [-0.2, 0) is 11.3 Å². The third-order valence-corrected chi connectivity index (χ3v) is 4.11. The largest absolute Gasteiger partial charge is 0.335 e. The molecule has 0 aliphatic heterocycles. The van der Waals surface area contributed by atoms with Gasteiger partial charge >= 0.3 is 6.03 Å². The number of hydrogen-bond donors (Lipinski definition) is 2. The lowest BCUT2D eigenvalue weighted by Gasteiger charge is -2.29. The van der Waals surface area contributed by atoms with E-state index in [1.54, 1.807) is 0 Å². The van der Waals surface area contributed by atoms with Crippen molar-refractivity contribution in [2.45, 2.75) is 45.2 Å². The van der Waals surface area contributed by atoms with Crippen molar-refractivity contribution in [1.29, 1.82) is 5.26 Å². The van der Waals surface area contributed by atoms with Crippen molar-refractivity contribution in [3.8, 4) is 6.07 Å². The molecule has 23 heavy (non-hydrogen) atoms. The second-order valence-electron chi connectivity index (χ2n) is 5.89. The van der Waals surface area contributed by atoms with Gasteiger partial charge in [-0.2, -0.15) is 5.26 Å². The predicted molar refractivity (Wildman–Crippen MR) is 83.5 cm³/mol. The smallest absolute Gasteiger partial charge is 0.321 e. The van der Waals surface area contributed by atoms with Crippen molar-refractivity contribution >= 4 is 11.9 Å². The molecule has 1 fully saturated rings. The van der Waals surface area contributed by atoms with Gasteiger partial charge in [-0.15, -0.1) is 0 Å². The lowest BCUT2D eigenvalue weighted by atomic mass is 9.86. The van der Waals surface area contributed by atoms with Gasteiger partial charge in [0.25, 0.3) is 5.56 Å². The number of nitriles is 1. The Labute approximate surface area is 134 Å². The van der Waals surface area contributed by atoms with Crippen LogP contribution in [0.2, 0.25) is 0 Å². The summed E-state index contributed by atoms with van der Waals surface area (Å²) in [5.74, 6) is -0.206. The number of imide groups is 1. The molecule has 1 aromatic rings. The topological polar surface area (TPSA) is 104 Å². The molecule has 0 radical (unpaired) electrons. The Bertz CT molecular complexity index is 689. The quantitative estimate of drug-likeness (QED) is 0.872. The van der Waals surface area contributed by atoms with Gasteiger partial charge in [-0.05, 0) is 24.8 Å². The second kappa shape index (κ2) is 7.58. The van der Waals surface area contributed by atoms with Crippen LogP contribution in [0.4, 0.5) is 4.79 Å². The number of nitrogens with one attached hydrogen (secondary N) is 2. The molecule has 7 nitrogen and oxygen atoms in total. The lowest BCUT2D eigenvalue weighted by Crippen LogP contribution is -2.48. The maximum absolute atomic E-state index is 11.9. The molecular weight excluding hydrogens is 296 g/mol. The minimum atomic E-state index is -0.594. The molecule has 122 valence electrons. The van der Waals surface area contributed by atoms with Crippen LogP contribution in [0.1, 0.15) is 38.2 Å². The highest BCUT2D eigenvalue weighted by Crippen LogP contribution is 2.23. The summed E-state index contributed by atoms with van der Waals surface area (Å²) in [5, 5.41) is 13.9. The fourth-order valence-corrected chi connectivity index (χ4v) is 2.78. The molecule has 0 unspecified atom stereocenters. The van der Waals surface area contributed by atoms with Gasteiger partial charge in [-0.3, -0.25) is 14.9 Å². The van der Waals surface area contributed by atoms with E-state index in [0.717, 1.165) is 30.3 Å². The number of pyridine rings is 1. The van der Waals surface area contributed by atoms with Gasteiger partial charge in [0.2, 0.25) is 5.91 Å². The van der Waals surface area contributed by atoms with Crippen LogP contribution in [0.25, 0.3) is 0 Å². The molecule has 1 aliphatic rings. The molecule has 1 saturated carbocycles. The standard InChI is InChI=1S/C16H20N4O3/c1-11-4-2-3-5-13(11)18-16(23)19-14(21)10-20-9-12(8-17)6-7-15(20)22/h6-7,9,11,13H,2-5,10H2,1H3,(H2,18,19,21,23)/t11-,13+/m0/s1. The van der Waals surface area contributed by atoms with Crippen LogP contribution in [0.5, 0.6) is 0 Å². The summed E-state index contributed by atoms with van der Waals surface area (Å²) in [6.45, 7) is 1.78. The first kappa shape index (κ1) is 16.7. The third kappa shape index (κ3) is 4.68. The zero-order chi connectivity index (χ0) is 16.8. The first-order valence-electron chi connectivity index (χ1n) is 7.70. The molecule has 7 heteroatoms. The second-order valence-corrected chi connectivity index (χ2v) is 5.89. The van der Waals surface area contributed by atoms with Gasteiger partial charge in [-0.1, -0.05) is 19.8 Å². The monoisotopic (exact) mass is 316 g/mol. The molecule has 0 bridgehead atoms. The van der Waals surface area contributed by atoms with Gasteiger partial charge in [0.05, 0.1) is 5.56 Å². The maximum atomic E-state index is 11.9. The average molecular weight is 316 g/mol. The van der Waals surface area contributed by atoms with Crippen LogP contribution in [0, 0.1) is 17.2 Å². The van der Waals surface area contributed by atoms with Crippen molar-refractivity contribution in [1.82, 2.24) is 15.2 Å². The van der Waals surface area contributed by atoms with Crippen molar-refractivity contribution in [2.24, 2.45) is 5.92 Å². The van der Waals surface area contributed by atoms with Crippen LogP contribution in [-0.4, -0.2) is 22.5 Å². The van der Waals surface area contributed by atoms with E-state index < -0.39 is 17.5 Å². The number of carbonyl (C=O) groups excluding carboxylic acids is 2. The van der Waals surface area contributed by atoms with Crippen molar-refractivity contribution in [3.63, 3.8) is 0 Å². The number of nitrogens with zero attached hydrogens (tertiary/aromatic N) is 2. The molecule has 2 rings (SSSR count). The third-order valence-electron chi connectivity index (χ3n) is 4.11. The minimum absolute atomic E-state index is 0.0705. The molecule has 2 atom stereocenters. The van der Waals surface area contributed by atoms with Crippen molar-refractivity contribution in [3.05, 3.63) is 34.2 Å². The Morgan fingerprint density at radius 3 is 2.78 bits per heavy atom. The summed E-state index contributed by atoms with van der Waals surface area (Å²) in [5.41, 5.74) is -0.127. The van der Waals surface area contributed by atoms with Crippen LogP contribution < -0.4 is 16.2 Å². The maximum Gasteiger partial charge on any atom is 0.321 e. The molecule has 0 saturated heterocycles. The summed E-state index contributed by atoms with van der Waals surface area (Å²) in [4.78, 5) is 35.4. The fraction of sp³-hybridized carbons (Fsp3) is 0.500. The highest BCUT2D eigenvalue weighted by Gasteiger charge is 2.23. The zero-order valence-corrected chi connectivity index (χ0v) is 13.0. The summed E-state index contributed by atoms with van der Waals surface area (Å²) in [7, 11) is 0. The minimum Gasteiger partial charge on any atom is -0.335 e. The van der Waals surface area contributed by atoms with E-state index in [1.807, 2.05) is 6.07 Å². The molecular formula is C16H20N4O3. The Hall–Kier alpha value is -2.62. The van der Waals surface area contributed by atoms with E-state index in [9.17, 15) is 14.4 Å². The van der Waals surface area contributed by atoms with E-state index in [2.05, 4.69) is 17.6 Å². The van der Waals surface area contributed by atoms with E-state index in [-0.39, 0.29) is 18.2 Å². The van der Waals surface area contributed by atoms with Gasteiger partial charge in [-0.25, -0.2) is 4.79 Å². The van der Waals surface area contributed by atoms with Gasteiger partial charge < -0.3 is 9.88 Å². The first-order chi connectivity index (χ1) is 11.0. The average Bonchev–Trinajstić information content (AvgIpc) is 2.51. The van der Waals surface area contributed by atoms with Crippen LogP contribution >= 0.6 is 0 Å². The Morgan fingerprint density at radius 1 is 1.35 bits per heavy atom. The molecule has 0 aromatic carbocycles. The summed E-state index contributed by atoms with van der Waals surface area (Å²) >= 11 is 0. The molecule has 1 aliphatic carbocycles. The molecule has 1 aromatic heterocycles. The van der Waals surface area contributed by atoms with E-state index in [0.29, 0.717) is 5.92 Å². The number of rotatable bonds is 3. The van der Waals surface area contributed by atoms with Gasteiger partial charge in [0.1, 0.15) is 12.6 Å². The lowest BCUT2D eigenvalue weighted by molar-refractivity contribution is -0.120. The first-order valence-corrected chi connectivity index (χ1v) is 7.70. The number of hydrogen-bond acceptors (Lipinski definition) is 4. The summed E-state index contributed by atoms with van der Waals surface area (Å²) in [6, 6.07) is 4.02. The Balaban J connectivity index is 1.90. The zero-order valence-electron chi connectivity index (χ0n) is 13.0. The molecule has 2 N–H and O–H groups in total. The number of carbonyl (C=O) groups is 2. The predicted octanol–water partition coefficient (Wildman–Crippen LogP) is 1.12. The highest BCUT2D eigenvalue weighted by molar-refractivity contribution is 5.94. The van der Waals surface area contributed by atoms with E-state index >= 15 is 0 Å². The number of amides is 3. The van der Waals surface area contributed by atoms with Crippen LogP contribution in [0.3, 0.4) is 0 Å². The molecule has 1 heterocycles. The number of urea groups is 1.